The Balaban J connectivity index is 1.53. The Labute approximate surface area is 173 Å². The molecule has 0 saturated heterocycles. The zero-order chi connectivity index (χ0) is 20.8. The van der Waals surface area contributed by atoms with Crippen molar-refractivity contribution in [2.75, 3.05) is 24.0 Å². The summed E-state index contributed by atoms with van der Waals surface area (Å²) in [5.41, 5.74) is 3.07. The molecule has 1 aromatic heterocycles. The first kappa shape index (κ1) is 20.5. The fraction of sp³-hybridized carbons (Fsp3) is 0.250. The van der Waals surface area contributed by atoms with Crippen molar-refractivity contribution < 1.29 is 14.3 Å². The molecule has 3 rings (SSSR count). The molecule has 0 aliphatic carbocycles. The van der Waals surface area contributed by atoms with Crippen molar-refractivity contribution in [2.24, 2.45) is 0 Å². The number of nitrogens with one attached hydrogen (secondary N) is 1. The maximum atomic E-state index is 12.2. The smallest absolute Gasteiger partial charge is 0.234 e. The first-order valence-corrected chi connectivity index (χ1v) is 9.91. The van der Waals surface area contributed by atoms with Gasteiger partial charge in [-0.2, -0.15) is 0 Å². The number of nitrogens with zero attached hydrogens (tertiary/aromatic N) is 3. The maximum absolute atomic E-state index is 12.2. The highest BCUT2D eigenvalue weighted by atomic mass is 32.2. The van der Waals surface area contributed by atoms with E-state index < -0.39 is 0 Å². The van der Waals surface area contributed by atoms with Gasteiger partial charge in [-0.1, -0.05) is 23.9 Å². The Hall–Kier alpha value is -3.20. The Morgan fingerprint density at radius 3 is 2.69 bits per heavy atom. The van der Waals surface area contributed by atoms with Crippen LogP contribution in [0.15, 0.2) is 47.6 Å². The lowest BCUT2D eigenvalue weighted by Gasteiger charge is -2.08. The molecule has 0 saturated carbocycles. The monoisotopic (exact) mass is 413 g/mol. The molecule has 0 bridgehead atoms. The molecule has 0 aliphatic heterocycles. The number of amides is 1. The molecule has 3 aromatic rings. The quantitative estimate of drug-likeness (QED) is 0.432. The van der Waals surface area contributed by atoms with Crippen LogP contribution in [0.5, 0.6) is 11.5 Å². The van der Waals surface area contributed by atoms with E-state index in [4.69, 9.17) is 15.3 Å². The molecule has 0 spiro atoms. The van der Waals surface area contributed by atoms with Crippen molar-refractivity contribution >= 4 is 23.4 Å². The molecule has 1 heterocycles. The molecule has 2 aromatic carbocycles. The van der Waals surface area contributed by atoms with Gasteiger partial charge in [-0.15, -0.1) is 10.2 Å². The number of anilines is 1. The lowest BCUT2D eigenvalue weighted by Crippen LogP contribution is -2.18. The number of nitrogen functional groups attached to an aromatic ring is 1. The molecule has 1 amide bonds. The Morgan fingerprint density at radius 1 is 1.14 bits per heavy atom. The number of methoxy groups -OCH3 is 1. The average molecular weight is 414 g/mol. The molecule has 0 radical (unpaired) electrons. The minimum atomic E-state index is -0.143. The van der Waals surface area contributed by atoms with E-state index in [-0.39, 0.29) is 18.3 Å². The fourth-order valence-corrected chi connectivity index (χ4v) is 3.16. The van der Waals surface area contributed by atoms with Gasteiger partial charge in [0, 0.05) is 11.8 Å². The van der Waals surface area contributed by atoms with Crippen LogP contribution in [0.2, 0.25) is 0 Å². The summed E-state index contributed by atoms with van der Waals surface area (Å²) >= 11 is 1.21. The number of carbonyl (C=O) groups excluding carboxylic acids is 1. The van der Waals surface area contributed by atoms with Gasteiger partial charge in [0.1, 0.15) is 18.1 Å². The highest BCUT2D eigenvalue weighted by Crippen LogP contribution is 2.21. The largest absolute Gasteiger partial charge is 0.497 e. The van der Waals surface area contributed by atoms with Crippen molar-refractivity contribution in [1.82, 2.24) is 14.9 Å². The topological polar surface area (TPSA) is 104 Å². The summed E-state index contributed by atoms with van der Waals surface area (Å²) in [6, 6.07) is 13.0. The molecule has 29 heavy (non-hydrogen) atoms. The highest BCUT2D eigenvalue weighted by molar-refractivity contribution is 7.99. The second-order valence-corrected chi connectivity index (χ2v) is 7.31. The van der Waals surface area contributed by atoms with Crippen LogP contribution < -0.4 is 20.6 Å². The van der Waals surface area contributed by atoms with Gasteiger partial charge < -0.3 is 20.6 Å². The van der Waals surface area contributed by atoms with E-state index in [1.54, 1.807) is 13.2 Å². The SMILES string of the molecule is COc1cccc(OCc2nnc(SCC(=O)Nc3ccc(C)c(C)c3)n2N)c1. The first-order valence-electron chi connectivity index (χ1n) is 8.92. The lowest BCUT2D eigenvalue weighted by molar-refractivity contribution is -0.113. The third-order valence-electron chi connectivity index (χ3n) is 4.27. The predicted molar refractivity (Wildman–Crippen MR) is 113 cm³/mol. The molecule has 152 valence electrons. The Morgan fingerprint density at radius 2 is 1.93 bits per heavy atom. The number of hydrogen-bond donors (Lipinski definition) is 2. The third kappa shape index (κ3) is 5.41. The molecule has 0 aliphatic rings. The van der Waals surface area contributed by atoms with Crippen LogP contribution >= 0.6 is 11.8 Å². The molecular formula is C20H23N5O3S. The molecule has 0 unspecified atom stereocenters. The second kappa shape index (κ2) is 9.33. The van der Waals surface area contributed by atoms with Crippen LogP contribution in [0.1, 0.15) is 17.0 Å². The fourth-order valence-electron chi connectivity index (χ4n) is 2.49. The van der Waals surface area contributed by atoms with Crippen LogP contribution in [0.3, 0.4) is 0 Å². The summed E-state index contributed by atoms with van der Waals surface area (Å²) < 4.78 is 12.2. The summed E-state index contributed by atoms with van der Waals surface area (Å²) in [7, 11) is 1.59. The van der Waals surface area contributed by atoms with Gasteiger partial charge >= 0.3 is 0 Å². The van der Waals surface area contributed by atoms with Crippen molar-refractivity contribution in [3.05, 3.63) is 59.4 Å². The summed E-state index contributed by atoms with van der Waals surface area (Å²) in [6.45, 7) is 4.18. The molecule has 9 heteroatoms. The normalized spacial score (nSPS) is 10.6. The molecule has 0 atom stereocenters. The predicted octanol–water partition coefficient (Wildman–Crippen LogP) is 2.93. The van der Waals surface area contributed by atoms with Gasteiger partial charge in [-0.25, -0.2) is 4.68 Å². The highest BCUT2D eigenvalue weighted by Gasteiger charge is 2.13. The van der Waals surface area contributed by atoms with Crippen molar-refractivity contribution in [1.29, 1.82) is 0 Å². The average Bonchev–Trinajstić information content (AvgIpc) is 3.07. The Bertz CT molecular complexity index is 1010. The molecule has 8 nitrogen and oxygen atoms in total. The zero-order valence-electron chi connectivity index (χ0n) is 16.5. The van der Waals surface area contributed by atoms with E-state index >= 15 is 0 Å². The summed E-state index contributed by atoms with van der Waals surface area (Å²) in [4.78, 5) is 12.2. The standard InChI is InChI=1S/C20H23N5O3S/c1-13-7-8-15(9-14(13)2)22-19(26)12-29-20-24-23-18(25(20)21)11-28-17-6-4-5-16(10-17)27-3/h4-10H,11-12,21H2,1-3H3,(H,22,26). The number of hydrogen-bond acceptors (Lipinski definition) is 7. The van der Waals surface area contributed by atoms with E-state index in [0.29, 0.717) is 22.5 Å². The lowest BCUT2D eigenvalue weighted by atomic mass is 10.1. The zero-order valence-corrected chi connectivity index (χ0v) is 17.3. The van der Waals surface area contributed by atoms with Gasteiger partial charge in [-0.3, -0.25) is 4.79 Å². The maximum Gasteiger partial charge on any atom is 0.234 e. The summed E-state index contributed by atoms with van der Waals surface area (Å²) in [5.74, 6) is 7.84. The van der Waals surface area contributed by atoms with E-state index in [2.05, 4.69) is 15.5 Å². The van der Waals surface area contributed by atoms with Gasteiger partial charge in [-0.05, 0) is 49.2 Å². The van der Waals surface area contributed by atoms with Crippen molar-refractivity contribution in [2.45, 2.75) is 25.6 Å². The molecule has 3 N–H and O–H groups in total. The number of ether oxygens (including phenoxy) is 2. The van der Waals surface area contributed by atoms with Gasteiger partial charge in [0.25, 0.3) is 0 Å². The third-order valence-corrected chi connectivity index (χ3v) is 5.21. The molecular weight excluding hydrogens is 390 g/mol. The minimum absolute atomic E-state index is 0.143. The summed E-state index contributed by atoms with van der Waals surface area (Å²) in [6.07, 6.45) is 0. The van der Waals surface area contributed by atoms with Gasteiger partial charge in [0.2, 0.25) is 11.1 Å². The number of carbonyl (C=O) groups is 1. The van der Waals surface area contributed by atoms with Crippen LogP contribution in [-0.4, -0.2) is 33.6 Å². The number of aromatic nitrogens is 3. The molecule has 0 fully saturated rings. The second-order valence-electron chi connectivity index (χ2n) is 6.37. The van der Waals surface area contributed by atoms with Crippen LogP contribution in [0, 0.1) is 13.8 Å². The van der Waals surface area contributed by atoms with Crippen LogP contribution in [0.25, 0.3) is 0 Å². The van der Waals surface area contributed by atoms with Crippen LogP contribution in [-0.2, 0) is 11.4 Å². The number of benzene rings is 2. The van der Waals surface area contributed by atoms with E-state index in [9.17, 15) is 4.79 Å². The van der Waals surface area contributed by atoms with E-state index in [1.807, 2.05) is 50.2 Å². The number of thioether (sulfide) groups is 1. The minimum Gasteiger partial charge on any atom is -0.497 e. The number of rotatable bonds is 8. The number of aryl methyl sites for hydroxylation is 2. The first-order chi connectivity index (χ1) is 14.0. The van der Waals surface area contributed by atoms with Crippen molar-refractivity contribution in [3.8, 4) is 11.5 Å². The van der Waals surface area contributed by atoms with Crippen LogP contribution in [0.4, 0.5) is 5.69 Å². The Kier molecular flexibility index (Phi) is 6.61. The van der Waals surface area contributed by atoms with Gasteiger partial charge in [0.15, 0.2) is 5.82 Å². The van der Waals surface area contributed by atoms with Crippen molar-refractivity contribution in [3.63, 3.8) is 0 Å². The number of nitrogens with two attached hydrogens (primary N) is 1. The van der Waals surface area contributed by atoms with E-state index in [1.165, 1.54) is 22.0 Å². The van der Waals surface area contributed by atoms with Gasteiger partial charge in [0.05, 0.1) is 12.9 Å². The van der Waals surface area contributed by atoms with E-state index in [0.717, 1.165) is 11.3 Å². The summed E-state index contributed by atoms with van der Waals surface area (Å²) in [5, 5.41) is 11.4.